The maximum atomic E-state index is 12.4. The highest BCUT2D eigenvalue weighted by Gasteiger charge is 2.33. The minimum atomic E-state index is -0.661. The van der Waals surface area contributed by atoms with Crippen molar-refractivity contribution in [1.82, 2.24) is 10.2 Å². The molecule has 0 aliphatic carbocycles. The minimum absolute atomic E-state index is 0.0609. The lowest BCUT2D eigenvalue weighted by Gasteiger charge is -2.24. The molecule has 7 nitrogen and oxygen atoms in total. The van der Waals surface area contributed by atoms with Gasteiger partial charge in [-0.05, 0) is 18.6 Å². The average Bonchev–Trinajstić information content (AvgIpc) is 2.93. The van der Waals surface area contributed by atoms with Gasteiger partial charge in [0.05, 0.1) is 5.92 Å². The number of rotatable bonds is 3. The average molecular weight is 301 g/mol. The van der Waals surface area contributed by atoms with Gasteiger partial charge in [-0.3, -0.25) is 9.59 Å². The molecule has 2 aromatic rings. The number of nitrogens with zero attached hydrogens (tertiary/aromatic N) is 2. The van der Waals surface area contributed by atoms with Crippen LogP contribution in [0.25, 0.3) is 0 Å². The Balaban J connectivity index is 1.79. The molecule has 2 heterocycles. The summed E-state index contributed by atoms with van der Waals surface area (Å²) in [7, 11) is 0. The summed E-state index contributed by atoms with van der Waals surface area (Å²) in [6, 6.07) is 7.19. The van der Waals surface area contributed by atoms with Crippen molar-refractivity contribution in [3.63, 3.8) is 0 Å². The molecule has 0 spiro atoms. The van der Waals surface area contributed by atoms with Crippen molar-refractivity contribution in [1.29, 1.82) is 0 Å². The summed E-state index contributed by atoms with van der Waals surface area (Å²) in [5.41, 5.74) is 1.39. The highest BCUT2D eigenvalue weighted by Crippen LogP contribution is 2.34. The number of esters is 1. The van der Waals surface area contributed by atoms with E-state index in [0.717, 1.165) is 5.56 Å². The van der Waals surface area contributed by atoms with E-state index in [4.69, 9.17) is 9.15 Å². The first kappa shape index (κ1) is 14.2. The molecule has 1 amide bonds. The molecule has 0 bridgehead atoms. The summed E-state index contributed by atoms with van der Waals surface area (Å²) >= 11 is 0. The zero-order valence-corrected chi connectivity index (χ0v) is 12.2. The predicted molar refractivity (Wildman–Crippen MR) is 76.0 cm³/mol. The molecule has 1 aliphatic heterocycles. The summed E-state index contributed by atoms with van der Waals surface area (Å²) in [6.07, 6.45) is -0.600. The number of carbonyl (C=O) groups is 2. The molecule has 0 fully saturated rings. The van der Waals surface area contributed by atoms with Crippen LogP contribution in [0.5, 0.6) is 0 Å². The van der Waals surface area contributed by atoms with Crippen molar-refractivity contribution in [2.75, 3.05) is 5.32 Å². The molecule has 114 valence electrons. The van der Waals surface area contributed by atoms with E-state index in [1.54, 1.807) is 26.0 Å². The van der Waals surface area contributed by atoms with Gasteiger partial charge in [0, 0.05) is 19.0 Å². The van der Waals surface area contributed by atoms with E-state index in [0.29, 0.717) is 11.6 Å². The third-order valence-corrected chi connectivity index (χ3v) is 3.47. The number of hydrogen-bond acceptors (Lipinski definition) is 6. The molecule has 2 atom stereocenters. The number of nitrogens with one attached hydrogen (secondary N) is 1. The molecular weight excluding hydrogens is 286 g/mol. The van der Waals surface area contributed by atoms with E-state index in [9.17, 15) is 9.59 Å². The Morgan fingerprint density at radius 2 is 2.18 bits per heavy atom. The van der Waals surface area contributed by atoms with Gasteiger partial charge in [0.1, 0.15) is 0 Å². The van der Waals surface area contributed by atoms with Crippen LogP contribution in [0.1, 0.15) is 42.7 Å². The van der Waals surface area contributed by atoms with Gasteiger partial charge in [-0.1, -0.05) is 18.2 Å². The Labute approximate surface area is 126 Å². The molecule has 1 aliphatic rings. The molecule has 3 rings (SSSR count). The number of para-hydroxylation sites is 1. The molecule has 7 heteroatoms. The second kappa shape index (κ2) is 5.59. The quantitative estimate of drug-likeness (QED) is 0.872. The van der Waals surface area contributed by atoms with Crippen LogP contribution < -0.4 is 5.32 Å². The Morgan fingerprint density at radius 1 is 1.41 bits per heavy atom. The van der Waals surface area contributed by atoms with Crippen LogP contribution in [0.15, 0.2) is 28.7 Å². The second-order valence-electron chi connectivity index (χ2n) is 5.13. The zero-order chi connectivity index (χ0) is 15.7. The van der Waals surface area contributed by atoms with Crippen molar-refractivity contribution in [3.8, 4) is 0 Å². The Bertz CT molecular complexity index is 725. The summed E-state index contributed by atoms with van der Waals surface area (Å²) in [4.78, 5) is 24.1. The first-order valence-electron chi connectivity index (χ1n) is 6.94. The molecular formula is C15H15N3O4. The van der Waals surface area contributed by atoms with E-state index >= 15 is 0 Å². The lowest BCUT2D eigenvalue weighted by Crippen LogP contribution is -2.29. The van der Waals surface area contributed by atoms with Gasteiger partial charge in [0.15, 0.2) is 6.10 Å². The van der Waals surface area contributed by atoms with Crippen molar-refractivity contribution in [3.05, 3.63) is 41.6 Å². The molecule has 1 aromatic carbocycles. The topological polar surface area (TPSA) is 94.3 Å². The number of amides is 1. The molecule has 0 saturated carbocycles. The SMILES string of the molecule is Cc1nnc(C(C)OC(=O)C2CC(=O)Nc3ccccc32)o1. The minimum Gasteiger partial charge on any atom is -0.452 e. The van der Waals surface area contributed by atoms with Crippen LogP contribution in [0.4, 0.5) is 5.69 Å². The zero-order valence-electron chi connectivity index (χ0n) is 12.2. The fourth-order valence-electron chi connectivity index (χ4n) is 2.40. The van der Waals surface area contributed by atoms with Gasteiger partial charge in [-0.2, -0.15) is 0 Å². The van der Waals surface area contributed by atoms with E-state index in [1.165, 1.54) is 0 Å². The van der Waals surface area contributed by atoms with Crippen LogP contribution >= 0.6 is 0 Å². The smallest absolute Gasteiger partial charge is 0.314 e. The van der Waals surface area contributed by atoms with E-state index < -0.39 is 18.0 Å². The maximum Gasteiger partial charge on any atom is 0.314 e. The molecule has 1 N–H and O–H groups in total. The van der Waals surface area contributed by atoms with Gasteiger partial charge >= 0.3 is 5.97 Å². The van der Waals surface area contributed by atoms with Gasteiger partial charge < -0.3 is 14.5 Å². The fourth-order valence-corrected chi connectivity index (χ4v) is 2.40. The summed E-state index contributed by atoms with van der Waals surface area (Å²) < 4.78 is 10.6. The van der Waals surface area contributed by atoms with E-state index in [2.05, 4.69) is 15.5 Å². The van der Waals surface area contributed by atoms with E-state index in [-0.39, 0.29) is 18.2 Å². The third-order valence-electron chi connectivity index (χ3n) is 3.47. The van der Waals surface area contributed by atoms with Crippen LogP contribution in [0, 0.1) is 6.92 Å². The predicted octanol–water partition coefficient (Wildman–Crippen LogP) is 2.11. The number of anilines is 1. The molecule has 0 saturated heterocycles. The lowest BCUT2D eigenvalue weighted by atomic mass is 9.90. The van der Waals surface area contributed by atoms with Crippen LogP contribution in [-0.4, -0.2) is 22.1 Å². The number of fused-ring (bicyclic) bond motifs is 1. The molecule has 2 unspecified atom stereocenters. The molecule has 0 radical (unpaired) electrons. The van der Waals surface area contributed by atoms with Crippen molar-refractivity contribution in [2.45, 2.75) is 32.3 Å². The van der Waals surface area contributed by atoms with Gasteiger partial charge in [-0.25, -0.2) is 0 Å². The number of aryl methyl sites for hydroxylation is 1. The monoisotopic (exact) mass is 301 g/mol. The van der Waals surface area contributed by atoms with Crippen molar-refractivity contribution in [2.24, 2.45) is 0 Å². The van der Waals surface area contributed by atoms with Gasteiger partial charge in [-0.15, -0.1) is 10.2 Å². The maximum absolute atomic E-state index is 12.4. The van der Waals surface area contributed by atoms with Gasteiger partial charge in [0.2, 0.25) is 11.8 Å². The number of hydrogen-bond donors (Lipinski definition) is 1. The summed E-state index contributed by atoms with van der Waals surface area (Å²) in [5, 5.41) is 10.3. The second-order valence-corrected chi connectivity index (χ2v) is 5.13. The lowest BCUT2D eigenvalue weighted by molar-refractivity contribution is -0.152. The third kappa shape index (κ3) is 2.69. The number of carbonyl (C=O) groups excluding carboxylic acids is 2. The first-order valence-corrected chi connectivity index (χ1v) is 6.94. The van der Waals surface area contributed by atoms with Crippen LogP contribution in [0.3, 0.4) is 0 Å². The number of aromatic nitrogens is 2. The summed E-state index contributed by atoms with van der Waals surface area (Å²) in [6.45, 7) is 3.31. The first-order chi connectivity index (χ1) is 10.5. The van der Waals surface area contributed by atoms with E-state index in [1.807, 2.05) is 12.1 Å². The Kier molecular flexibility index (Phi) is 3.62. The van der Waals surface area contributed by atoms with Crippen molar-refractivity contribution >= 4 is 17.6 Å². The molecule has 22 heavy (non-hydrogen) atoms. The Hall–Kier alpha value is -2.70. The van der Waals surface area contributed by atoms with Crippen LogP contribution in [-0.2, 0) is 14.3 Å². The van der Waals surface area contributed by atoms with Gasteiger partial charge in [0.25, 0.3) is 5.89 Å². The van der Waals surface area contributed by atoms with Crippen LogP contribution in [0.2, 0.25) is 0 Å². The number of benzene rings is 1. The Morgan fingerprint density at radius 3 is 2.91 bits per heavy atom. The molecule has 1 aromatic heterocycles. The standard InChI is InChI=1S/C15H15N3O4/c1-8(14-18-17-9(2)22-14)21-15(20)11-7-13(19)16-12-6-4-3-5-10(11)12/h3-6,8,11H,7H2,1-2H3,(H,16,19). The summed E-state index contributed by atoms with van der Waals surface area (Å²) in [5.74, 6) is -0.677. The highest BCUT2D eigenvalue weighted by atomic mass is 16.6. The number of ether oxygens (including phenoxy) is 1. The largest absolute Gasteiger partial charge is 0.452 e. The fraction of sp³-hybridized carbons (Fsp3) is 0.333. The normalized spacial score (nSPS) is 18.3. The van der Waals surface area contributed by atoms with Crippen molar-refractivity contribution < 1.29 is 18.7 Å². The highest BCUT2D eigenvalue weighted by molar-refractivity contribution is 5.99.